The highest BCUT2D eigenvalue weighted by Crippen LogP contribution is 2.44. The number of alkyl halides is 1. The summed E-state index contributed by atoms with van der Waals surface area (Å²) in [4.78, 5) is 0. The van der Waals surface area contributed by atoms with Crippen LogP contribution in [0.3, 0.4) is 0 Å². The average Bonchev–Trinajstić information content (AvgIpc) is 2.37. The molecule has 0 aromatic carbocycles. The Hall–Kier alpha value is -0.150. The number of ether oxygens (including phenoxy) is 2. The van der Waals surface area contributed by atoms with E-state index in [0.717, 1.165) is 32.5 Å². The van der Waals surface area contributed by atoms with Crippen LogP contribution >= 0.6 is 0 Å². The van der Waals surface area contributed by atoms with Crippen molar-refractivity contribution >= 4 is 0 Å². The second kappa shape index (κ2) is 6.09. The van der Waals surface area contributed by atoms with Crippen molar-refractivity contribution in [3.63, 3.8) is 0 Å². The standard InChI is InChI=1S/C16H29FO2/c1-15(2,3)13-5-8-16(17,9-6-13)10-7-14-18-11-4-12-19-14/h13-14H,4-12H2,1-3H3. The summed E-state index contributed by atoms with van der Waals surface area (Å²) >= 11 is 0. The fourth-order valence-corrected chi connectivity index (χ4v) is 3.33. The minimum Gasteiger partial charge on any atom is -0.353 e. The first-order chi connectivity index (χ1) is 8.89. The van der Waals surface area contributed by atoms with Crippen LogP contribution < -0.4 is 0 Å². The molecule has 0 N–H and O–H groups in total. The maximum Gasteiger partial charge on any atom is 0.157 e. The van der Waals surface area contributed by atoms with Gasteiger partial charge in [-0.15, -0.1) is 0 Å². The molecule has 0 spiro atoms. The van der Waals surface area contributed by atoms with Crippen LogP contribution in [-0.2, 0) is 9.47 Å². The molecule has 1 saturated carbocycles. The van der Waals surface area contributed by atoms with Crippen LogP contribution in [0.4, 0.5) is 4.39 Å². The molecule has 2 nitrogen and oxygen atoms in total. The molecule has 0 aromatic rings. The Balaban J connectivity index is 1.75. The predicted molar refractivity (Wildman–Crippen MR) is 74.8 cm³/mol. The van der Waals surface area contributed by atoms with Crippen LogP contribution in [0.2, 0.25) is 0 Å². The van der Waals surface area contributed by atoms with E-state index in [1.165, 1.54) is 0 Å². The van der Waals surface area contributed by atoms with Crippen LogP contribution in [0.1, 0.15) is 65.7 Å². The molecule has 0 bridgehead atoms. The van der Waals surface area contributed by atoms with Crippen molar-refractivity contribution in [3.8, 4) is 0 Å². The van der Waals surface area contributed by atoms with E-state index in [4.69, 9.17) is 9.47 Å². The highest BCUT2D eigenvalue weighted by Gasteiger charge is 2.39. The summed E-state index contributed by atoms with van der Waals surface area (Å²) in [6.45, 7) is 8.33. The van der Waals surface area contributed by atoms with E-state index in [0.29, 0.717) is 37.0 Å². The summed E-state index contributed by atoms with van der Waals surface area (Å²) in [6.07, 6.45) is 5.55. The third kappa shape index (κ3) is 4.42. The van der Waals surface area contributed by atoms with E-state index >= 15 is 0 Å². The second-order valence-corrected chi connectivity index (χ2v) is 7.35. The Morgan fingerprint density at radius 3 is 2.21 bits per heavy atom. The topological polar surface area (TPSA) is 18.5 Å². The van der Waals surface area contributed by atoms with Crippen molar-refractivity contribution in [3.05, 3.63) is 0 Å². The number of rotatable bonds is 3. The molecule has 0 aromatic heterocycles. The number of hydrogen-bond acceptors (Lipinski definition) is 2. The summed E-state index contributed by atoms with van der Waals surface area (Å²) in [7, 11) is 0. The minimum atomic E-state index is -0.980. The predicted octanol–water partition coefficient (Wildman–Crippen LogP) is 4.47. The molecule has 0 radical (unpaired) electrons. The van der Waals surface area contributed by atoms with Gasteiger partial charge in [0, 0.05) is 6.42 Å². The Morgan fingerprint density at radius 1 is 1.11 bits per heavy atom. The summed E-state index contributed by atoms with van der Waals surface area (Å²) < 4.78 is 25.8. The normalized spacial score (nSPS) is 34.4. The van der Waals surface area contributed by atoms with Gasteiger partial charge in [0.1, 0.15) is 5.67 Å². The molecule has 2 fully saturated rings. The van der Waals surface area contributed by atoms with Crippen LogP contribution in [0.25, 0.3) is 0 Å². The summed E-state index contributed by atoms with van der Waals surface area (Å²) in [6, 6.07) is 0. The Bertz CT molecular complexity index is 271. The van der Waals surface area contributed by atoms with Gasteiger partial charge in [0.05, 0.1) is 13.2 Å². The first-order valence-electron chi connectivity index (χ1n) is 7.81. The zero-order chi connectivity index (χ0) is 13.9. The molecular formula is C16H29FO2. The largest absolute Gasteiger partial charge is 0.353 e. The third-order valence-corrected chi connectivity index (χ3v) is 4.83. The zero-order valence-electron chi connectivity index (χ0n) is 12.7. The van der Waals surface area contributed by atoms with Crippen molar-refractivity contribution in [2.24, 2.45) is 11.3 Å². The first kappa shape index (κ1) is 15.2. The fourth-order valence-electron chi connectivity index (χ4n) is 3.33. The van der Waals surface area contributed by atoms with Gasteiger partial charge in [-0.3, -0.25) is 0 Å². The van der Waals surface area contributed by atoms with Gasteiger partial charge in [-0.1, -0.05) is 20.8 Å². The molecule has 3 heteroatoms. The summed E-state index contributed by atoms with van der Waals surface area (Å²) in [5, 5.41) is 0. The van der Waals surface area contributed by atoms with E-state index in [9.17, 15) is 4.39 Å². The maximum absolute atomic E-state index is 14.8. The van der Waals surface area contributed by atoms with Gasteiger partial charge in [0.25, 0.3) is 0 Å². The molecule has 0 unspecified atom stereocenters. The van der Waals surface area contributed by atoms with Crippen molar-refractivity contribution < 1.29 is 13.9 Å². The average molecular weight is 272 g/mol. The SMILES string of the molecule is CC(C)(C)C1CCC(F)(CCC2OCCCO2)CC1. The molecule has 112 valence electrons. The van der Waals surface area contributed by atoms with Crippen LogP contribution in [-0.4, -0.2) is 25.2 Å². The van der Waals surface area contributed by atoms with Crippen molar-refractivity contribution in [2.45, 2.75) is 77.7 Å². The molecule has 2 aliphatic rings. The monoisotopic (exact) mass is 272 g/mol. The first-order valence-corrected chi connectivity index (χ1v) is 7.81. The van der Waals surface area contributed by atoms with Crippen molar-refractivity contribution in [2.75, 3.05) is 13.2 Å². The van der Waals surface area contributed by atoms with Crippen molar-refractivity contribution in [1.29, 1.82) is 0 Å². The molecule has 0 atom stereocenters. The van der Waals surface area contributed by atoms with Crippen LogP contribution in [0, 0.1) is 11.3 Å². The van der Waals surface area contributed by atoms with E-state index in [1.54, 1.807) is 0 Å². The molecule has 19 heavy (non-hydrogen) atoms. The molecule has 1 heterocycles. The lowest BCUT2D eigenvalue weighted by atomic mass is 9.68. The molecule has 1 saturated heterocycles. The lowest BCUT2D eigenvalue weighted by molar-refractivity contribution is -0.185. The van der Waals surface area contributed by atoms with Gasteiger partial charge in [0.15, 0.2) is 6.29 Å². The molecule has 0 amide bonds. The van der Waals surface area contributed by atoms with E-state index in [-0.39, 0.29) is 6.29 Å². The minimum absolute atomic E-state index is 0.165. The van der Waals surface area contributed by atoms with E-state index in [1.807, 2.05) is 0 Å². The van der Waals surface area contributed by atoms with Crippen LogP contribution in [0.5, 0.6) is 0 Å². The van der Waals surface area contributed by atoms with Gasteiger partial charge in [-0.2, -0.15) is 0 Å². The Morgan fingerprint density at radius 2 is 1.68 bits per heavy atom. The van der Waals surface area contributed by atoms with E-state index in [2.05, 4.69) is 20.8 Å². The number of hydrogen-bond donors (Lipinski definition) is 0. The fraction of sp³-hybridized carbons (Fsp3) is 1.00. The number of halogens is 1. The second-order valence-electron chi connectivity index (χ2n) is 7.35. The molecule has 1 aliphatic carbocycles. The zero-order valence-corrected chi connectivity index (χ0v) is 12.7. The van der Waals surface area contributed by atoms with Gasteiger partial charge in [-0.05, 0) is 49.9 Å². The Labute approximate surface area is 117 Å². The molecule has 2 rings (SSSR count). The highest BCUT2D eigenvalue weighted by molar-refractivity contribution is 4.89. The lowest BCUT2D eigenvalue weighted by Crippen LogP contribution is -2.35. The summed E-state index contributed by atoms with van der Waals surface area (Å²) in [5.41, 5.74) is -0.664. The van der Waals surface area contributed by atoms with Gasteiger partial charge >= 0.3 is 0 Å². The summed E-state index contributed by atoms with van der Waals surface area (Å²) in [5.74, 6) is 0.665. The van der Waals surface area contributed by atoms with Gasteiger partial charge < -0.3 is 9.47 Å². The lowest BCUT2D eigenvalue weighted by Gasteiger charge is -2.40. The van der Waals surface area contributed by atoms with Gasteiger partial charge in [0.2, 0.25) is 0 Å². The van der Waals surface area contributed by atoms with E-state index < -0.39 is 5.67 Å². The molecular weight excluding hydrogens is 243 g/mol. The van der Waals surface area contributed by atoms with Crippen LogP contribution in [0.15, 0.2) is 0 Å². The Kier molecular flexibility index (Phi) is 4.88. The highest BCUT2D eigenvalue weighted by atomic mass is 19.1. The van der Waals surface area contributed by atoms with Gasteiger partial charge in [-0.25, -0.2) is 4.39 Å². The smallest absolute Gasteiger partial charge is 0.157 e. The molecule has 1 aliphatic heterocycles. The quantitative estimate of drug-likeness (QED) is 0.754. The van der Waals surface area contributed by atoms with Crippen molar-refractivity contribution in [1.82, 2.24) is 0 Å². The third-order valence-electron chi connectivity index (χ3n) is 4.83. The maximum atomic E-state index is 14.8.